The highest BCUT2D eigenvalue weighted by Crippen LogP contribution is 2.21. The van der Waals surface area contributed by atoms with Crippen LogP contribution in [-0.4, -0.2) is 24.7 Å². The van der Waals surface area contributed by atoms with E-state index in [1.165, 1.54) is 19.1 Å². The summed E-state index contributed by atoms with van der Waals surface area (Å²) in [6.07, 6.45) is 1.54. The minimum Gasteiger partial charge on any atom is -0.508 e. The second-order valence-corrected chi connectivity index (χ2v) is 12.1. The van der Waals surface area contributed by atoms with Crippen molar-refractivity contribution in [1.82, 2.24) is 0 Å². The number of Topliss-reactive ketones (excluding diaryl/α,β-unsaturated/α-hetero) is 2. The Kier molecular flexibility index (Phi) is 5.69. The van der Waals surface area contributed by atoms with Crippen molar-refractivity contribution in [3.8, 4) is 5.75 Å². The number of hydrogen-bond acceptors (Lipinski definition) is 3. The van der Waals surface area contributed by atoms with Crippen LogP contribution in [0.5, 0.6) is 5.75 Å². The summed E-state index contributed by atoms with van der Waals surface area (Å²) >= 11 is 0. The van der Waals surface area contributed by atoms with E-state index in [-0.39, 0.29) is 17.3 Å². The lowest BCUT2D eigenvalue weighted by Crippen LogP contribution is -2.24. The van der Waals surface area contributed by atoms with E-state index in [0.29, 0.717) is 12.0 Å². The first-order chi connectivity index (χ1) is 9.20. The third-order valence-corrected chi connectivity index (χ3v) is 5.23. The minimum atomic E-state index is -1.14. The zero-order chi connectivity index (χ0) is 15.3. The topological polar surface area (TPSA) is 54.4 Å². The minimum absolute atomic E-state index is 0.0707. The summed E-state index contributed by atoms with van der Waals surface area (Å²) in [5.41, 5.74) is 0.496. The third kappa shape index (κ3) is 5.29. The molecular formula is C16H24O3Si. The molecule has 4 heteroatoms. The second-order valence-electron chi connectivity index (χ2n) is 6.53. The van der Waals surface area contributed by atoms with Crippen LogP contribution in [0.4, 0.5) is 0 Å². The average molecular weight is 292 g/mol. The summed E-state index contributed by atoms with van der Waals surface area (Å²) in [6.45, 7) is 8.35. The van der Waals surface area contributed by atoms with E-state index >= 15 is 0 Å². The fourth-order valence-electron chi connectivity index (χ4n) is 2.18. The quantitative estimate of drug-likeness (QED) is 0.471. The van der Waals surface area contributed by atoms with Gasteiger partial charge in [0.1, 0.15) is 11.5 Å². The van der Waals surface area contributed by atoms with E-state index in [9.17, 15) is 14.7 Å². The summed E-state index contributed by atoms with van der Waals surface area (Å²) < 4.78 is 0. The van der Waals surface area contributed by atoms with Crippen LogP contribution in [0.15, 0.2) is 24.3 Å². The van der Waals surface area contributed by atoms with Crippen LogP contribution < -0.4 is 0 Å². The number of phenols is 1. The zero-order valence-electron chi connectivity index (χ0n) is 12.8. The zero-order valence-corrected chi connectivity index (χ0v) is 13.8. The van der Waals surface area contributed by atoms with Gasteiger partial charge in [0.05, 0.1) is 5.92 Å². The van der Waals surface area contributed by atoms with Crippen molar-refractivity contribution in [3.05, 3.63) is 29.8 Å². The number of rotatable bonds is 7. The Bertz CT molecular complexity index is 471. The van der Waals surface area contributed by atoms with Crippen molar-refractivity contribution in [3.63, 3.8) is 0 Å². The molecule has 1 unspecified atom stereocenters. The predicted molar refractivity (Wildman–Crippen MR) is 84.0 cm³/mol. The lowest BCUT2D eigenvalue weighted by molar-refractivity contribution is -0.119. The second kappa shape index (κ2) is 6.84. The molecule has 1 aromatic rings. The van der Waals surface area contributed by atoms with Gasteiger partial charge >= 0.3 is 0 Å². The number of carbonyl (C=O) groups excluding carboxylic acids is 2. The van der Waals surface area contributed by atoms with E-state index in [2.05, 4.69) is 19.6 Å². The largest absolute Gasteiger partial charge is 0.508 e. The van der Waals surface area contributed by atoms with E-state index < -0.39 is 14.0 Å². The van der Waals surface area contributed by atoms with Gasteiger partial charge in [-0.3, -0.25) is 9.59 Å². The van der Waals surface area contributed by atoms with Gasteiger partial charge in [-0.2, -0.15) is 0 Å². The standard InChI is InChI=1S/C16H24O3Si/c1-12(17)15(6-5-11-20(2,3)4)16(19)13-7-9-14(18)10-8-13/h7-10,15,18H,5-6,11H2,1-4H3. The van der Waals surface area contributed by atoms with E-state index in [0.717, 1.165) is 12.5 Å². The first-order valence-electron chi connectivity index (χ1n) is 7.04. The molecule has 0 radical (unpaired) electrons. The van der Waals surface area contributed by atoms with Crippen molar-refractivity contribution >= 4 is 19.6 Å². The first kappa shape index (κ1) is 16.6. The van der Waals surface area contributed by atoms with Crippen molar-refractivity contribution < 1.29 is 14.7 Å². The third-order valence-electron chi connectivity index (χ3n) is 3.38. The fraction of sp³-hybridized carbons (Fsp3) is 0.500. The first-order valence-corrected chi connectivity index (χ1v) is 10.7. The number of benzene rings is 1. The maximum atomic E-state index is 12.4. The lowest BCUT2D eigenvalue weighted by atomic mass is 9.90. The van der Waals surface area contributed by atoms with Gasteiger partial charge in [-0.25, -0.2) is 0 Å². The number of carbonyl (C=O) groups is 2. The van der Waals surface area contributed by atoms with Gasteiger partial charge in [-0.05, 0) is 37.6 Å². The van der Waals surface area contributed by atoms with Crippen molar-refractivity contribution in [2.45, 2.75) is 45.5 Å². The molecule has 1 aromatic carbocycles. The molecule has 110 valence electrons. The van der Waals surface area contributed by atoms with Crippen LogP contribution in [0, 0.1) is 5.92 Å². The van der Waals surface area contributed by atoms with Crippen LogP contribution >= 0.6 is 0 Å². The number of aromatic hydroxyl groups is 1. The Morgan fingerprint density at radius 2 is 1.70 bits per heavy atom. The molecule has 1 atom stereocenters. The Hall–Kier alpha value is -1.42. The van der Waals surface area contributed by atoms with Crippen molar-refractivity contribution in [1.29, 1.82) is 0 Å². The highest BCUT2D eigenvalue weighted by atomic mass is 28.3. The van der Waals surface area contributed by atoms with Gasteiger partial charge in [0.2, 0.25) is 0 Å². The van der Waals surface area contributed by atoms with Gasteiger partial charge in [-0.15, -0.1) is 0 Å². The Morgan fingerprint density at radius 3 is 2.15 bits per heavy atom. The molecule has 0 heterocycles. The molecule has 0 aliphatic heterocycles. The molecule has 0 aliphatic carbocycles. The fourth-order valence-corrected chi connectivity index (χ4v) is 3.45. The molecule has 0 spiro atoms. The SMILES string of the molecule is CC(=O)C(CCC[Si](C)(C)C)C(=O)c1ccc(O)cc1. The maximum absolute atomic E-state index is 12.4. The molecule has 0 saturated heterocycles. The van der Waals surface area contributed by atoms with Crippen LogP contribution in [0.1, 0.15) is 30.1 Å². The van der Waals surface area contributed by atoms with Gasteiger partial charge < -0.3 is 5.11 Å². The highest BCUT2D eigenvalue weighted by molar-refractivity contribution is 6.76. The smallest absolute Gasteiger partial charge is 0.173 e. The lowest BCUT2D eigenvalue weighted by Gasteiger charge is -2.18. The monoisotopic (exact) mass is 292 g/mol. The molecule has 1 rings (SSSR count). The van der Waals surface area contributed by atoms with E-state index in [1.807, 2.05) is 0 Å². The molecule has 3 nitrogen and oxygen atoms in total. The molecule has 0 bridgehead atoms. The van der Waals surface area contributed by atoms with Gasteiger partial charge in [-0.1, -0.05) is 32.1 Å². The van der Waals surface area contributed by atoms with Gasteiger partial charge in [0.25, 0.3) is 0 Å². The Morgan fingerprint density at radius 1 is 1.15 bits per heavy atom. The molecule has 0 fully saturated rings. The Balaban J connectivity index is 2.73. The normalized spacial score (nSPS) is 13.0. The summed E-state index contributed by atoms with van der Waals surface area (Å²) in [4.78, 5) is 24.1. The summed E-state index contributed by atoms with van der Waals surface area (Å²) in [5.74, 6) is -0.623. The molecule has 0 amide bonds. The van der Waals surface area contributed by atoms with Gasteiger partial charge in [0.15, 0.2) is 5.78 Å². The van der Waals surface area contributed by atoms with Crippen LogP contribution in [0.3, 0.4) is 0 Å². The van der Waals surface area contributed by atoms with Gasteiger partial charge in [0, 0.05) is 13.6 Å². The highest BCUT2D eigenvalue weighted by Gasteiger charge is 2.25. The predicted octanol–water partition coefficient (Wildman–Crippen LogP) is 3.90. The van der Waals surface area contributed by atoms with Crippen molar-refractivity contribution in [2.75, 3.05) is 0 Å². The Labute approximate surface area is 122 Å². The molecule has 0 aliphatic rings. The van der Waals surface area contributed by atoms with Crippen LogP contribution in [0.2, 0.25) is 25.7 Å². The number of hydrogen-bond donors (Lipinski definition) is 1. The maximum Gasteiger partial charge on any atom is 0.173 e. The summed E-state index contributed by atoms with van der Waals surface area (Å²) in [5, 5.41) is 9.24. The van der Waals surface area contributed by atoms with E-state index in [4.69, 9.17) is 0 Å². The summed E-state index contributed by atoms with van der Waals surface area (Å²) in [7, 11) is -1.14. The number of ketones is 2. The van der Waals surface area contributed by atoms with Crippen LogP contribution in [-0.2, 0) is 4.79 Å². The summed E-state index contributed by atoms with van der Waals surface area (Å²) in [6, 6.07) is 7.23. The average Bonchev–Trinajstić information content (AvgIpc) is 2.33. The van der Waals surface area contributed by atoms with E-state index in [1.54, 1.807) is 12.1 Å². The molecule has 0 saturated carbocycles. The van der Waals surface area contributed by atoms with Crippen LogP contribution in [0.25, 0.3) is 0 Å². The number of phenolic OH excluding ortho intramolecular Hbond substituents is 1. The molecular weight excluding hydrogens is 268 g/mol. The molecule has 1 N–H and O–H groups in total. The molecule has 0 aromatic heterocycles. The van der Waals surface area contributed by atoms with Crippen molar-refractivity contribution in [2.24, 2.45) is 5.92 Å². The molecule has 20 heavy (non-hydrogen) atoms.